The maximum atomic E-state index is 13.5. The van der Waals surface area contributed by atoms with Crippen LogP contribution < -0.4 is 9.47 Å². The van der Waals surface area contributed by atoms with Gasteiger partial charge in [-0.25, -0.2) is 0 Å². The minimum atomic E-state index is -0.464. The van der Waals surface area contributed by atoms with Gasteiger partial charge in [0.15, 0.2) is 11.5 Å². The third kappa shape index (κ3) is 2.91. The second-order valence-electron chi connectivity index (χ2n) is 7.45. The van der Waals surface area contributed by atoms with E-state index in [1.165, 1.54) is 0 Å². The van der Waals surface area contributed by atoms with E-state index in [1.54, 1.807) is 6.92 Å². The zero-order valence-electron chi connectivity index (χ0n) is 15.3. The molecular formula is C20H26N2O4. The zero-order chi connectivity index (χ0) is 18.1. The Morgan fingerprint density at radius 3 is 2.19 bits per heavy atom. The third-order valence-electron chi connectivity index (χ3n) is 5.97. The molecule has 1 aliphatic carbocycles. The molecule has 0 atom stereocenters. The molecule has 0 spiro atoms. The summed E-state index contributed by atoms with van der Waals surface area (Å²) in [5.41, 5.74) is 0.576. The van der Waals surface area contributed by atoms with Crippen molar-refractivity contribution in [3.63, 3.8) is 0 Å². The highest BCUT2D eigenvalue weighted by Gasteiger charge is 2.46. The molecule has 2 fully saturated rings. The number of ether oxygens (including phenoxy) is 2. The van der Waals surface area contributed by atoms with Crippen LogP contribution in [0.2, 0.25) is 0 Å². The van der Waals surface area contributed by atoms with Gasteiger partial charge in [0.2, 0.25) is 11.8 Å². The van der Waals surface area contributed by atoms with Crippen molar-refractivity contribution < 1.29 is 19.1 Å². The Morgan fingerprint density at radius 1 is 0.923 bits per heavy atom. The second-order valence-corrected chi connectivity index (χ2v) is 7.45. The van der Waals surface area contributed by atoms with Crippen molar-refractivity contribution in [3.8, 4) is 11.5 Å². The van der Waals surface area contributed by atoms with Crippen LogP contribution in [-0.2, 0) is 15.0 Å². The molecule has 26 heavy (non-hydrogen) atoms. The summed E-state index contributed by atoms with van der Waals surface area (Å²) in [5, 5.41) is 0. The number of fused-ring (bicyclic) bond motifs is 1. The number of benzene rings is 1. The van der Waals surface area contributed by atoms with Crippen molar-refractivity contribution >= 4 is 11.8 Å². The summed E-state index contributed by atoms with van der Waals surface area (Å²) in [5.74, 6) is 1.79. The Labute approximate surface area is 154 Å². The number of rotatable bonds is 2. The van der Waals surface area contributed by atoms with E-state index in [0.717, 1.165) is 42.7 Å². The first-order valence-corrected chi connectivity index (χ1v) is 9.55. The lowest BCUT2D eigenvalue weighted by Crippen LogP contribution is -2.54. The number of carbonyl (C=O) groups excluding carboxylic acids is 2. The number of nitrogens with zero attached hydrogens (tertiary/aromatic N) is 2. The van der Waals surface area contributed by atoms with Crippen LogP contribution in [0.25, 0.3) is 0 Å². The first kappa shape index (κ1) is 17.2. The van der Waals surface area contributed by atoms with Gasteiger partial charge in [-0.05, 0) is 30.5 Å². The van der Waals surface area contributed by atoms with E-state index in [0.29, 0.717) is 39.4 Å². The lowest BCUT2D eigenvalue weighted by molar-refractivity contribution is -0.142. The van der Waals surface area contributed by atoms with Crippen molar-refractivity contribution in [1.29, 1.82) is 0 Å². The highest BCUT2D eigenvalue weighted by Crippen LogP contribution is 2.45. The van der Waals surface area contributed by atoms with E-state index in [2.05, 4.69) is 0 Å². The SMILES string of the molecule is CC(=O)N1CCN(C(=O)C2(c3ccc4c(c3)OCCO4)CCCC2)CC1. The van der Waals surface area contributed by atoms with E-state index in [1.807, 2.05) is 28.0 Å². The van der Waals surface area contributed by atoms with Gasteiger partial charge >= 0.3 is 0 Å². The van der Waals surface area contributed by atoms with Crippen LogP contribution in [0.4, 0.5) is 0 Å². The molecule has 2 aliphatic heterocycles. The van der Waals surface area contributed by atoms with E-state index in [-0.39, 0.29) is 11.8 Å². The molecule has 4 rings (SSSR count). The Kier molecular flexibility index (Phi) is 4.51. The number of hydrogen-bond donors (Lipinski definition) is 0. The number of amides is 2. The minimum Gasteiger partial charge on any atom is -0.486 e. The molecule has 2 heterocycles. The van der Waals surface area contributed by atoms with Gasteiger partial charge in [-0.15, -0.1) is 0 Å². The summed E-state index contributed by atoms with van der Waals surface area (Å²) in [6, 6.07) is 5.97. The molecule has 3 aliphatic rings. The summed E-state index contributed by atoms with van der Waals surface area (Å²) >= 11 is 0. The highest BCUT2D eigenvalue weighted by atomic mass is 16.6. The topological polar surface area (TPSA) is 59.1 Å². The molecule has 0 N–H and O–H groups in total. The van der Waals surface area contributed by atoms with Gasteiger partial charge < -0.3 is 19.3 Å². The summed E-state index contributed by atoms with van der Waals surface area (Å²) in [7, 11) is 0. The number of carbonyl (C=O) groups is 2. The van der Waals surface area contributed by atoms with Crippen LogP contribution >= 0.6 is 0 Å². The quantitative estimate of drug-likeness (QED) is 0.811. The van der Waals surface area contributed by atoms with E-state index in [9.17, 15) is 9.59 Å². The van der Waals surface area contributed by atoms with Crippen molar-refractivity contribution in [1.82, 2.24) is 9.80 Å². The third-order valence-corrected chi connectivity index (χ3v) is 5.97. The molecule has 1 saturated heterocycles. The van der Waals surface area contributed by atoms with Crippen LogP contribution in [0, 0.1) is 0 Å². The van der Waals surface area contributed by atoms with Gasteiger partial charge in [0, 0.05) is 33.1 Å². The summed E-state index contributed by atoms with van der Waals surface area (Å²) in [6.07, 6.45) is 3.87. The zero-order valence-corrected chi connectivity index (χ0v) is 15.3. The number of piperazine rings is 1. The molecule has 1 aromatic rings. The van der Waals surface area contributed by atoms with Gasteiger partial charge in [-0.1, -0.05) is 18.9 Å². The maximum absolute atomic E-state index is 13.5. The normalized spacial score (nSPS) is 21.6. The van der Waals surface area contributed by atoms with Gasteiger partial charge in [-0.3, -0.25) is 9.59 Å². The van der Waals surface area contributed by atoms with E-state index >= 15 is 0 Å². The lowest BCUT2D eigenvalue weighted by atomic mass is 9.77. The molecule has 6 nitrogen and oxygen atoms in total. The summed E-state index contributed by atoms with van der Waals surface area (Å²) in [4.78, 5) is 28.8. The Hall–Kier alpha value is -2.24. The van der Waals surface area contributed by atoms with Gasteiger partial charge in [0.05, 0.1) is 5.41 Å². The fraction of sp³-hybridized carbons (Fsp3) is 0.600. The Balaban J connectivity index is 1.59. The Morgan fingerprint density at radius 2 is 1.54 bits per heavy atom. The van der Waals surface area contributed by atoms with E-state index < -0.39 is 5.41 Å². The van der Waals surface area contributed by atoms with Gasteiger partial charge in [-0.2, -0.15) is 0 Å². The van der Waals surface area contributed by atoms with Crippen LogP contribution in [0.15, 0.2) is 18.2 Å². The van der Waals surface area contributed by atoms with Gasteiger partial charge in [0.25, 0.3) is 0 Å². The highest BCUT2D eigenvalue weighted by molar-refractivity contribution is 5.89. The summed E-state index contributed by atoms with van der Waals surface area (Å²) in [6.45, 7) is 5.18. The van der Waals surface area contributed by atoms with Crippen molar-refractivity contribution in [2.24, 2.45) is 0 Å². The van der Waals surface area contributed by atoms with Crippen molar-refractivity contribution in [3.05, 3.63) is 23.8 Å². The summed E-state index contributed by atoms with van der Waals surface area (Å²) < 4.78 is 11.4. The fourth-order valence-corrected chi connectivity index (χ4v) is 4.47. The second kappa shape index (κ2) is 6.82. The van der Waals surface area contributed by atoms with E-state index in [4.69, 9.17) is 9.47 Å². The molecule has 6 heteroatoms. The molecule has 0 unspecified atom stereocenters. The molecular weight excluding hydrogens is 332 g/mol. The average molecular weight is 358 g/mol. The van der Waals surface area contributed by atoms with Crippen LogP contribution in [0.1, 0.15) is 38.2 Å². The molecule has 1 saturated carbocycles. The first-order chi connectivity index (χ1) is 12.6. The monoisotopic (exact) mass is 358 g/mol. The predicted octanol–water partition coefficient (Wildman–Crippen LogP) is 1.96. The van der Waals surface area contributed by atoms with Gasteiger partial charge in [0.1, 0.15) is 13.2 Å². The average Bonchev–Trinajstić information content (AvgIpc) is 3.18. The lowest BCUT2D eigenvalue weighted by Gasteiger charge is -2.40. The minimum absolute atomic E-state index is 0.0829. The fourth-order valence-electron chi connectivity index (χ4n) is 4.47. The predicted molar refractivity (Wildman–Crippen MR) is 96.4 cm³/mol. The molecule has 0 aromatic heterocycles. The smallest absolute Gasteiger partial charge is 0.233 e. The molecule has 0 bridgehead atoms. The van der Waals surface area contributed by atoms with Crippen molar-refractivity contribution in [2.75, 3.05) is 39.4 Å². The molecule has 1 aromatic carbocycles. The largest absolute Gasteiger partial charge is 0.486 e. The first-order valence-electron chi connectivity index (χ1n) is 9.55. The maximum Gasteiger partial charge on any atom is 0.233 e. The van der Waals surface area contributed by atoms with Crippen LogP contribution in [0.3, 0.4) is 0 Å². The number of hydrogen-bond acceptors (Lipinski definition) is 4. The Bertz CT molecular complexity index is 704. The standard InChI is InChI=1S/C20H26N2O4/c1-15(23)21-8-10-22(11-9-21)19(24)20(6-2-3-7-20)16-4-5-17-18(14-16)26-13-12-25-17/h4-5,14H,2-3,6-13H2,1H3. The molecule has 2 amide bonds. The molecule has 0 radical (unpaired) electrons. The van der Waals surface area contributed by atoms with Crippen LogP contribution in [-0.4, -0.2) is 61.0 Å². The van der Waals surface area contributed by atoms with Crippen LogP contribution in [0.5, 0.6) is 11.5 Å². The van der Waals surface area contributed by atoms with Crippen molar-refractivity contribution in [2.45, 2.75) is 38.0 Å². The molecule has 140 valence electrons.